The Morgan fingerprint density at radius 2 is 1.83 bits per heavy atom. The lowest BCUT2D eigenvalue weighted by molar-refractivity contribution is -0.128. The van der Waals surface area contributed by atoms with Crippen LogP contribution in [0.4, 0.5) is 11.4 Å². The second-order valence-electron chi connectivity index (χ2n) is 11.6. The summed E-state index contributed by atoms with van der Waals surface area (Å²) in [4.78, 5) is 44.8. The number of likely N-dealkylation sites (tertiary alicyclic amines) is 1. The van der Waals surface area contributed by atoms with Crippen LogP contribution in [0.3, 0.4) is 0 Å². The molecule has 4 aliphatic rings. The number of carboxylic acid groups (broad SMARTS) is 1. The van der Waals surface area contributed by atoms with Crippen molar-refractivity contribution in [1.29, 1.82) is 0 Å². The number of ether oxygens (including phenoxy) is 1. The van der Waals surface area contributed by atoms with E-state index >= 15 is 0 Å². The maximum Gasteiger partial charge on any atom is 0.335 e. The molecule has 3 fully saturated rings. The second-order valence-corrected chi connectivity index (χ2v) is 12.5. The highest BCUT2D eigenvalue weighted by atomic mass is 35.5. The van der Waals surface area contributed by atoms with Crippen LogP contribution in [0, 0.1) is 11.8 Å². The van der Waals surface area contributed by atoms with Gasteiger partial charge >= 0.3 is 5.97 Å². The molecular weight excluding hydrogens is 577 g/mol. The van der Waals surface area contributed by atoms with E-state index in [2.05, 4.69) is 10.2 Å². The van der Waals surface area contributed by atoms with Gasteiger partial charge < -0.3 is 20.1 Å². The smallest absolute Gasteiger partial charge is 0.335 e. The second kappa shape index (κ2) is 10.0. The predicted octanol–water partition coefficient (Wildman–Crippen LogP) is 5.78. The first-order chi connectivity index (χ1) is 20.2. The molecule has 7 rings (SSSR count). The van der Waals surface area contributed by atoms with Crippen LogP contribution >= 0.6 is 23.2 Å². The van der Waals surface area contributed by atoms with Gasteiger partial charge in [-0.1, -0.05) is 41.4 Å². The van der Waals surface area contributed by atoms with Gasteiger partial charge in [-0.3, -0.25) is 14.5 Å². The van der Waals surface area contributed by atoms with Crippen molar-refractivity contribution in [2.24, 2.45) is 11.8 Å². The van der Waals surface area contributed by atoms with Gasteiger partial charge in [0.05, 0.1) is 24.3 Å². The molecule has 0 bridgehead atoms. The number of hydrogen-bond donors (Lipinski definition) is 2. The molecule has 0 radical (unpaired) electrons. The van der Waals surface area contributed by atoms with Crippen molar-refractivity contribution in [2.75, 3.05) is 30.4 Å². The van der Waals surface area contributed by atoms with E-state index in [1.807, 2.05) is 24.3 Å². The van der Waals surface area contributed by atoms with Gasteiger partial charge in [0.1, 0.15) is 11.3 Å². The summed E-state index contributed by atoms with van der Waals surface area (Å²) in [6.45, 7) is 1.11. The first-order valence-electron chi connectivity index (χ1n) is 14.1. The van der Waals surface area contributed by atoms with Gasteiger partial charge in [-0.05, 0) is 73.2 Å². The molecule has 0 aromatic heterocycles. The number of nitrogens with zero attached hydrogens (tertiary/aromatic N) is 2. The number of halogens is 2. The lowest BCUT2D eigenvalue weighted by Crippen LogP contribution is -2.54. The van der Waals surface area contributed by atoms with Crippen molar-refractivity contribution in [3.8, 4) is 5.75 Å². The van der Waals surface area contributed by atoms with Crippen LogP contribution in [0.1, 0.15) is 46.7 Å². The highest BCUT2D eigenvalue weighted by Crippen LogP contribution is 2.62. The average molecular weight is 607 g/mol. The fourth-order valence-corrected chi connectivity index (χ4v) is 7.85. The van der Waals surface area contributed by atoms with E-state index in [0.717, 1.165) is 24.0 Å². The number of fused-ring (bicyclic) bond motifs is 3. The van der Waals surface area contributed by atoms with Crippen LogP contribution in [0.5, 0.6) is 5.75 Å². The fourth-order valence-electron chi connectivity index (χ4n) is 7.48. The van der Waals surface area contributed by atoms with Crippen LogP contribution in [0.2, 0.25) is 10.0 Å². The number of rotatable bonds is 6. The maximum atomic E-state index is 14.8. The minimum Gasteiger partial charge on any atom is -0.495 e. The molecule has 8 nitrogen and oxygen atoms in total. The molecule has 216 valence electrons. The number of anilines is 2. The quantitative estimate of drug-likeness (QED) is 0.369. The molecule has 3 aromatic carbocycles. The normalized spacial score (nSPS) is 26.7. The van der Waals surface area contributed by atoms with Crippen LogP contribution < -0.4 is 15.0 Å². The summed E-state index contributed by atoms with van der Waals surface area (Å²) in [5.74, 6) is -1.73. The molecule has 3 heterocycles. The molecule has 2 N–H and O–H groups in total. The summed E-state index contributed by atoms with van der Waals surface area (Å²) in [5, 5.41) is 13.7. The summed E-state index contributed by atoms with van der Waals surface area (Å²) in [6.07, 6.45) is 2.81. The number of carbonyl (C=O) groups is 3. The van der Waals surface area contributed by atoms with E-state index in [4.69, 9.17) is 27.9 Å². The molecule has 1 aliphatic carbocycles. The third-order valence-electron chi connectivity index (χ3n) is 9.34. The minimum atomic E-state index is -1.13. The highest BCUT2D eigenvalue weighted by molar-refractivity contribution is 6.31. The monoisotopic (exact) mass is 605 g/mol. The van der Waals surface area contributed by atoms with Crippen molar-refractivity contribution in [1.82, 2.24) is 4.90 Å². The summed E-state index contributed by atoms with van der Waals surface area (Å²) in [6, 6.07) is 17.3. The number of hydrogen-bond acceptors (Lipinski definition) is 5. The Hall–Kier alpha value is -3.59. The number of carbonyl (C=O) groups excluding carboxylic acids is 2. The van der Waals surface area contributed by atoms with E-state index < -0.39 is 23.3 Å². The summed E-state index contributed by atoms with van der Waals surface area (Å²) in [7, 11) is 1.46. The van der Waals surface area contributed by atoms with Crippen molar-refractivity contribution in [2.45, 2.75) is 36.8 Å². The largest absolute Gasteiger partial charge is 0.495 e. The van der Waals surface area contributed by atoms with E-state index in [-0.39, 0.29) is 23.4 Å². The Balaban J connectivity index is 1.42. The lowest BCUT2D eigenvalue weighted by Gasteiger charge is -2.40. The maximum absolute atomic E-state index is 14.8. The lowest BCUT2D eigenvalue weighted by atomic mass is 9.70. The van der Waals surface area contributed by atoms with Crippen LogP contribution in [0.15, 0.2) is 60.7 Å². The molecule has 4 atom stereocenters. The van der Waals surface area contributed by atoms with Gasteiger partial charge in [-0.2, -0.15) is 0 Å². The highest BCUT2D eigenvalue weighted by Gasteiger charge is 2.69. The molecule has 2 saturated heterocycles. The van der Waals surface area contributed by atoms with Crippen LogP contribution in [-0.2, 0) is 15.1 Å². The molecular formula is C32H29Cl2N3O5. The summed E-state index contributed by atoms with van der Waals surface area (Å²) >= 11 is 12.9. The SMILES string of the molecule is COc1cc(C(=O)O)ccc1N1CC[C@H]2[C@@H](C1=O)[C@H](c1cccc(Cl)c1)[C@]1(C(=O)Nc3cc(Cl)ccc31)N2CC1CC1. The Bertz CT molecular complexity index is 1640. The molecule has 0 unspecified atom stereocenters. The van der Waals surface area contributed by atoms with Gasteiger partial charge in [0.25, 0.3) is 0 Å². The Labute approximate surface area is 253 Å². The number of piperidine rings is 1. The molecule has 10 heteroatoms. The van der Waals surface area contributed by atoms with Gasteiger partial charge in [0.15, 0.2) is 0 Å². The topological polar surface area (TPSA) is 99.2 Å². The van der Waals surface area contributed by atoms with E-state index in [1.54, 1.807) is 29.2 Å². The number of nitrogens with one attached hydrogen (secondary N) is 1. The molecule has 3 aliphatic heterocycles. The molecule has 1 spiro atoms. The minimum absolute atomic E-state index is 0.0723. The number of amides is 2. The number of aromatic carboxylic acids is 1. The van der Waals surface area contributed by atoms with Crippen molar-refractivity contribution < 1.29 is 24.2 Å². The Morgan fingerprint density at radius 1 is 1.05 bits per heavy atom. The average Bonchev–Trinajstić information content (AvgIpc) is 3.68. The van der Waals surface area contributed by atoms with E-state index in [1.165, 1.54) is 19.2 Å². The third kappa shape index (κ3) is 4.03. The first kappa shape index (κ1) is 27.3. The Morgan fingerprint density at radius 3 is 2.55 bits per heavy atom. The predicted molar refractivity (Wildman–Crippen MR) is 160 cm³/mol. The zero-order valence-corrected chi connectivity index (χ0v) is 24.4. The molecule has 2 amide bonds. The van der Waals surface area contributed by atoms with Crippen LogP contribution in [0.25, 0.3) is 0 Å². The summed E-state index contributed by atoms with van der Waals surface area (Å²) in [5.41, 5.74) is 1.74. The summed E-state index contributed by atoms with van der Waals surface area (Å²) < 4.78 is 5.56. The van der Waals surface area contributed by atoms with Gasteiger partial charge in [-0.25, -0.2) is 4.79 Å². The number of carboxylic acids is 1. The van der Waals surface area contributed by atoms with Crippen molar-refractivity contribution >= 4 is 52.4 Å². The number of methoxy groups -OCH3 is 1. The van der Waals surface area contributed by atoms with E-state index in [0.29, 0.717) is 52.6 Å². The standard InChI is InChI=1S/C32H29Cl2N3O5/c1-42-26-14-19(30(39)40)7-10-24(26)36-12-11-25-27(29(36)38)28(18-3-2-4-20(33)13-18)32(37(25)16-17-5-6-17)22-9-8-21(34)15-23(22)35-31(32)41/h2-4,7-10,13-15,17,25,27-28H,5-6,11-12,16H2,1H3,(H,35,41)(H,39,40)/t25-,27+,28-,32+/m0/s1. The van der Waals surface area contributed by atoms with Gasteiger partial charge in [0.2, 0.25) is 11.8 Å². The zero-order valence-electron chi connectivity index (χ0n) is 22.8. The van der Waals surface area contributed by atoms with Gasteiger partial charge in [0, 0.05) is 46.3 Å². The number of benzene rings is 3. The third-order valence-corrected chi connectivity index (χ3v) is 9.81. The zero-order chi connectivity index (χ0) is 29.3. The van der Waals surface area contributed by atoms with Crippen molar-refractivity contribution in [3.05, 3.63) is 87.4 Å². The van der Waals surface area contributed by atoms with E-state index in [9.17, 15) is 19.5 Å². The molecule has 3 aromatic rings. The molecule has 42 heavy (non-hydrogen) atoms. The van der Waals surface area contributed by atoms with Gasteiger partial charge in [-0.15, -0.1) is 0 Å². The first-order valence-corrected chi connectivity index (χ1v) is 14.9. The molecule has 1 saturated carbocycles. The van der Waals surface area contributed by atoms with Crippen molar-refractivity contribution in [3.63, 3.8) is 0 Å². The Kier molecular flexibility index (Phi) is 6.49. The fraction of sp³-hybridized carbons (Fsp3) is 0.344. The van der Waals surface area contributed by atoms with Crippen LogP contribution in [-0.4, -0.2) is 54.0 Å².